The maximum atomic E-state index is 9.45. The second-order valence-electron chi connectivity index (χ2n) is 2.50. The Hall–Kier alpha value is -0.490. The molecule has 4 N–H and O–H groups in total. The summed E-state index contributed by atoms with van der Waals surface area (Å²) >= 11 is 1.39. The van der Waals surface area contributed by atoms with Crippen LogP contribution in [0.4, 0.5) is 0 Å². The molecule has 0 aliphatic heterocycles. The zero-order valence-electron chi connectivity index (χ0n) is 6.55. The summed E-state index contributed by atoms with van der Waals surface area (Å²) in [4.78, 5) is 3.89. The predicted molar refractivity (Wildman–Crippen MR) is 46.8 cm³/mol. The molecule has 68 valence electrons. The van der Waals surface area contributed by atoms with Crippen molar-refractivity contribution in [2.75, 3.05) is 6.54 Å². The molecule has 0 aliphatic rings. The third kappa shape index (κ3) is 2.25. The second-order valence-corrected chi connectivity index (χ2v) is 3.22. The molecule has 4 nitrogen and oxygen atoms in total. The third-order valence-corrected chi connectivity index (χ3v) is 2.19. The summed E-state index contributed by atoms with van der Waals surface area (Å²) in [7, 11) is 0. The van der Waals surface area contributed by atoms with Gasteiger partial charge in [-0.2, -0.15) is 0 Å². The zero-order chi connectivity index (χ0) is 8.97. The van der Waals surface area contributed by atoms with Crippen LogP contribution in [0.15, 0.2) is 10.9 Å². The summed E-state index contributed by atoms with van der Waals surface area (Å²) in [6, 6.07) is 0. The summed E-state index contributed by atoms with van der Waals surface area (Å²) in [5, 5.41) is 20.5. The fourth-order valence-electron chi connectivity index (χ4n) is 0.894. The van der Waals surface area contributed by atoms with Gasteiger partial charge >= 0.3 is 0 Å². The minimum absolute atomic E-state index is 0.363. The SMILES string of the molecule is NCCC(O)C(O)c1cscn1. The van der Waals surface area contributed by atoms with Crippen LogP contribution in [0.5, 0.6) is 0 Å². The van der Waals surface area contributed by atoms with Crippen molar-refractivity contribution in [2.24, 2.45) is 5.73 Å². The lowest BCUT2D eigenvalue weighted by Gasteiger charge is -2.14. The van der Waals surface area contributed by atoms with Crippen molar-refractivity contribution < 1.29 is 10.2 Å². The van der Waals surface area contributed by atoms with Crippen LogP contribution in [0.25, 0.3) is 0 Å². The van der Waals surface area contributed by atoms with Gasteiger partial charge < -0.3 is 15.9 Å². The van der Waals surface area contributed by atoms with E-state index in [2.05, 4.69) is 4.98 Å². The number of thiazole rings is 1. The lowest BCUT2D eigenvalue weighted by atomic mass is 10.1. The molecule has 0 aromatic carbocycles. The molecule has 1 aromatic rings. The van der Waals surface area contributed by atoms with Gasteiger partial charge in [-0.15, -0.1) is 11.3 Å². The molecular weight excluding hydrogens is 176 g/mol. The van der Waals surface area contributed by atoms with Crippen LogP contribution >= 0.6 is 11.3 Å². The Morgan fingerprint density at radius 2 is 2.33 bits per heavy atom. The molecule has 2 atom stereocenters. The summed E-state index contributed by atoms with van der Waals surface area (Å²) in [5.74, 6) is 0. The molecule has 1 rings (SSSR count). The standard InChI is InChI=1S/C7H12N2O2S/c8-2-1-6(10)7(11)5-3-12-4-9-5/h3-4,6-7,10-11H,1-2,8H2. The van der Waals surface area contributed by atoms with Crippen LogP contribution in [-0.4, -0.2) is 27.8 Å². The van der Waals surface area contributed by atoms with E-state index in [1.165, 1.54) is 11.3 Å². The molecule has 1 aromatic heterocycles. The van der Waals surface area contributed by atoms with Crippen LogP contribution in [0, 0.1) is 0 Å². The lowest BCUT2D eigenvalue weighted by Crippen LogP contribution is -2.21. The van der Waals surface area contributed by atoms with Crippen molar-refractivity contribution >= 4 is 11.3 Å². The van der Waals surface area contributed by atoms with E-state index in [0.29, 0.717) is 18.7 Å². The average Bonchev–Trinajstić information content (AvgIpc) is 2.55. The third-order valence-electron chi connectivity index (χ3n) is 1.58. The van der Waals surface area contributed by atoms with E-state index in [9.17, 15) is 10.2 Å². The highest BCUT2D eigenvalue weighted by Gasteiger charge is 2.18. The van der Waals surface area contributed by atoms with Crippen molar-refractivity contribution in [1.82, 2.24) is 4.98 Å². The number of nitrogens with zero attached hydrogens (tertiary/aromatic N) is 1. The van der Waals surface area contributed by atoms with E-state index in [-0.39, 0.29) is 0 Å². The first-order valence-electron chi connectivity index (χ1n) is 3.70. The van der Waals surface area contributed by atoms with Gasteiger partial charge in [0, 0.05) is 5.38 Å². The molecule has 0 amide bonds. The minimum Gasteiger partial charge on any atom is -0.390 e. The fourth-order valence-corrected chi connectivity index (χ4v) is 1.48. The van der Waals surface area contributed by atoms with Crippen molar-refractivity contribution in [1.29, 1.82) is 0 Å². The van der Waals surface area contributed by atoms with Gasteiger partial charge in [-0.3, -0.25) is 0 Å². The number of aromatic nitrogens is 1. The summed E-state index contributed by atoms with van der Waals surface area (Å²) in [5.41, 5.74) is 7.37. The fraction of sp³-hybridized carbons (Fsp3) is 0.571. The smallest absolute Gasteiger partial charge is 0.123 e. The van der Waals surface area contributed by atoms with E-state index in [0.717, 1.165) is 0 Å². The van der Waals surface area contributed by atoms with Crippen LogP contribution in [0.3, 0.4) is 0 Å². The number of aliphatic hydroxyl groups is 2. The summed E-state index contributed by atoms with van der Waals surface area (Å²) in [6.45, 7) is 0.363. The highest BCUT2D eigenvalue weighted by molar-refractivity contribution is 7.07. The van der Waals surface area contributed by atoms with Gasteiger partial charge in [0.05, 0.1) is 17.3 Å². The molecular formula is C7H12N2O2S. The highest BCUT2D eigenvalue weighted by atomic mass is 32.1. The van der Waals surface area contributed by atoms with Crippen LogP contribution < -0.4 is 5.73 Å². The van der Waals surface area contributed by atoms with E-state index in [1.807, 2.05) is 0 Å². The lowest BCUT2D eigenvalue weighted by molar-refractivity contribution is 0.0128. The quantitative estimate of drug-likeness (QED) is 0.615. The van der Waals surface area contributed by atoms with Gasteiger partial charge in [0.2, 0.25) is 0 Å². The summed E-state index contributed by atoms with van der Waals surface area (Å²) in [6.07, 6.45) is -1.32. The monoisotopic (exact) mass is 188 g/mol. The first kappa shape index (κ1) is 9.60. The molecule has 0 radical (unpaired) electrons. The van der Waals surface area contributed by atoms with Crippen molar-refractivity contribution in [3.63, 3.8) is 0 Å². The molecule has 1 heterocycles. The Balaban J connectivity index is 2.53. The van der Waals surface area contributed by atoms with E-state index < -0.39 is 12.2 Å². The predicted octanol–water partition coefficient (Wildman–Crippen LogP) is -0.114. The largest absolute Gasteiger partial charge is 0.390 e. The van der Waals surface area contributed by atoms with E-state index in [1.54, 1.807) is 10.9 Å². The van der Waals surface area contributed by atoms with Crippen LogP contribution in [-0.2, 0) is 0 Å². The molecule has 0 spiro atoms. The molecule has 0 saturated carbocycles. The maximum Gasteiger partial charge on any atom is 0.123 e. The maximum absolute atomic E-state index is 9.45. The summed E-state index contributed by atoms with van der Waals surface area (Å²) < 4.78 is 0. The Labute approximate surface area is 74.7 Å². The number of hydrogen-bond acceptors (Lipinski definition) is 5. The van der Waals surface area contributed by atoms with Crippen LogP contribution in [0.1, 0.15) is 18.2 Å². The van der Waals surface area contributed by atoms with Crippen molar-refractivity contribution in [3.8, 4) is 0 Å². The van der Waals surface area contributed by atoms with Crippen molar-refractivity contribution in [3.05, 3.63) is 16.6 Å². The van der Waals surface area contributed by atoms with Gasteiger partial charge in [-0.1, -0.05) is 0 Å². The highest BCUT2D eigenvalue weighted by Crippen LogP contribution is 2.17. The molecule has 0 fully saturated rings. The van der Waals surface area contributed by atoms with E-state index >= 15 is 0 Å². The average molecular weight is 188 g/mol. The minimum atomic E-state index is -0.903. The topological polar surface area (TPSA) is 79.4 Å². The molecule has 5 heteroatoms. The van der Waals surface area contributed by atoms with Gasteiger partial charge in [0.15, 0.2) is 0 Å². The first-order valence-corrected chi connectivity index (χ1v) is 4.64. The van der Waals surface area contributed by atoms with Crippen molar-refractivity contribution in [2.45, 2.75) is 18.6 Å². The zero-order valence-corrected chi connectivity index (χ0v) is 7.37. The van der Waals surface area contributed by atoms with Gasteiger partial charge in [0.1, 0.15) is 6.10 Å². The van der Waals surface area contributed by atoms with Gasteiger partial charge in [0.25, 0.3) is 0 Å². The number of aliphatic hydroxyl groups excluding tert-OH is 2. The van der Waals surface area contributed by atoms with Gasteiger partial charge in [-0.25, -0.2) is 4.98 Å². The molecule has 0 bridgehead atoms. The normalized spacial score (nSPS) is 15.9. The number of rotatable bonds is 4. The first-order chi connectivity index (χ1) is 5.75. The molecule has 0 aliphatic carbocycles. The van der Waals surface area contributed by atoms with Crippen LogP contribution in [0.2, 0.25) is 0 Å². The number of hydrogen-bond donors (Lipinski definition) is 3. The van der Waals surface area contributed by atoms with E-state index in [4.69, 9.17) is 5.73 Å². The number of nitrogens with two attached hydrogens (primary N) is 1. The molecule has 0 saturated heterocycles. The molecule has 2 unspecified atom stereocenters. The molecule has 12 heavy (non-hydrogen) atoms. The Kier molecular flexibility index (Phi) is 3.61. The van der Waals surface area contributed by atoms with Gasteiger partial charge in [-0.05, 0) is 13.0 Å². The Morgan fingerprint density at radius 3 is 2.83 bits per heavy atom. The second kappa shape index (κ2) is 4.51. The Bertz CT molecular complexity index is 215. The Morgan fingerprint density at radius 1 is 1.58 bits per heavy atom.